The molecule has 1 N–H and O–H groups in total. The lowest BCUT2D eigenvalue weighted by Crippen LogP contribution is -2.49. The molecule has 2 aromatic rings. The molecule has 1 fully saturated rings. The van der Waals surface area contributed by atoms with Crippen molar-refractivity contribution in [2.45, 2.75) is 6.10 Å². The van der Waals surface area contributed by atoms with Crippen LogP contribution in [0.25, 0.3) is 10.6 Å². The number of carboxylic acid groups (broad SMARTS) is 1. The van der Waals surface area contributed by atoms with Gasteiger partial charge >= 0.3 is 5.97 Å². The number of rotatable bonds is 6. The summed E-state index contributed by atoms with van der Waals surface area (Å²) in [4.78, 5) is 31.2. The van der Waals surface area contributed by atoms with Crippen LogP contribution in [0.3, 0.4) is 0 Å². The zero-order chi connectivity index (χ0) is 19.4. The molecular formula is C18H20FN3O4S. The molecule has 0 spiro atoms. The van der Waals surface area contributed by atoms with E-state index in [1.165, 1.54) is 23.5 Å². The zero-order valence-electron chi connectivity index (χ0n) is 14.8. The van der Waals surface area contributed by atoms with Crippen LogP contribution in [0, 0.1) is 5.82 Å². The van der Waals surface area contributed by atoms with Gasteiger partial charge in [0, 0.05) is 30.6 Å². The van der Waals surface area contributed by atoms with Crippen LogP contribution in [0.4, 0.5) is 4.39 Å². The topological polar surface area (TPSA) is 83.0 Å². The van der Waals surface area contributed by atoms with E-state index in [9.17, 15) is 14.0 Å². The second-order valence-electron chi connectivity index (χ2n) is 6.38. The Kier molecular flexibility index (Phi) is 6.15. The summed E-state index contributed by atoms with van der Waals surface area (Å²) >= 11 is 1.33. The van der Waals surface area contributed by atoms with Crippen molar-refractivity contribution in [3.63, 3.8) is 0 Å². The van der Waals surface area contributed by atoms with E-state index in [1.54, 1.807) is 34.4 Å². The summed E-state index contributed by atoms with van der Waals surface area (Å²) in [5, 5.41) is 11.2. The van der Waals surface area contributed by atoms with Crippen LogP contribution < -0.4 is 0 Å². The Morgan fingerprint density at radius 3 is 2.85 bits per heavy atom. The van der Waals surface area contributed by atoms with Crippen LogP contribution in [0.2, 0.25) is 0 Å². The summed E-state index contributed by atoms with van der Waals surface area (Å²) in [7, 11) is 1.70. The van der Waals surface area contributed by atoms with Gasteiger partial charge in [0.2, 0.25) is 0 Å². The van der Waals surface area contributed by atoms with Crippen molar-refractivity contribution < 1.29 is 23.8 Å². The van der Waals surface area contributed by atoms with E-state index in [0.717, 1.165) is 5.56 Å². The number of nitrogens with zero attached hydrogens (tertiary/aromatic N) is 3. The van der Waals surface area contributed by atoms with E-state index in [4.69, 9.17) is 9.84 Å². The number of likely N-dealkylation sites (N-methyl/N-ethyl adjacent to an activating group) is 1. The number of aliphatic carboxylic acids is 1. The molecule has 1 aliphatic rings. The average molecular weight is 393 g/mol. The number of halogens is 1. The zero-order valence-corrected chi connectivity index (χ0v) is 15.6. The molecule has 1 aromatic carbocycles. The molecule has 3 rings (SSSR count). The molecule has 7 nitrogen and oxygen atoms in total. The SMILES string of the molecule is CN(CC(=O)O)CC1CN(C(=O)c2csc(-c3ccc(F)cc3)n2)CCO1. The van der Waals surface area contributed by atoms with E-state index in [-0.39, 0.29) is 24.4 Å². The quantitative estimate of drug-likeness (QED) is 0.806. The summed E-state index contributed by atoms with van der Waals surface area (Å²) in [6.45, 7) is 1.58. The predicted octanol–water partition coefficient (Wildman–Crippen LogP) is 1.81. The third-order valence-electron chi connectivity index (χ3n) is 4.16. The Balaban J connectivity index is 1.63. The first-order valence-corrected chi connectivity index (χ1v) is 9.33. The maximum atomic E-state index is 13.0. The molecule has 1 atom stereocenters. The van der Waals surface area contributed by atoms with Crippen LogP contribution in [-0.4, -0.2) is 77.7 Å². The Labute approximate surface area is 160 Å². The number of thiazole rings is 1. The summed E-state index contributed by atoms with van der Waals surface area (Å²) in [6, 6.07) is 5.98. The first kappa shape index (κ1) is 19.4. The standard InChI is InChI=1S/C18H20FN3O4S/c1-21(10-16(23)24)8-14-9-22(6-7-26-14)18(25)15-11-27-17(20-15)12-2-4-13(19)5-3-12/h2-5,11,14H,6-10H2,1H3,(H,23,24). The van der Waals surface area contributed by atoms with Crippen LogP contribution >= 0.6 is 11.3 Å². The van der Waals surface area contributed by atoms with E-state index < -0.39 is 5.97 Å². The molecular weight excluding hydrogens is 373 g/mol. The first-order chi connectivity index (χ1) is 12.9. The average Bonchev–Trinajstić information content (AvgIpc) is 3.11. The largest absolute Gasteiger partial charge is 0.480 e. The predicted molar refractivity (Wildman–Crippen MR) is 98.3 cm³/mol. The van der Waals surface area contributed by atoms with Gasteiger partial charge in [-0.05, 0) is 31.3 Å². The number of aromatic nitrogens is 1. The highest BCUT2D eigenvalue weighted by atomic mass is 32.1. The lowest BCUT2D eigenvalue weighted by Gasteiger charge is -2.34. The van der Waals surface area contributed by atoms with Gasteiger partial charge in [0.05, 0.1) is 19.3 Å². The summed E-state index contributed by atoms with van der Waals surface area (Å²) in [6.07, 6.45) is -0.248. The van der Waals surface area contributed by atoms with Crippen molar-refractivity contribution in [3.8, 4) is 10.6 Å². The minimum absolute atomic E-state index is 0.0824. The minimum Gasteiger partial charge on any atom is -0.480 e. The number of carbonyl (C=O) groups excluding carboxylic acids is 1. The van der Waals surface area contributed by atoms with E-state index in [1.807, 2.05) is 0 Å². The van der Waals surface area contributed by atoms with Crippen molar-refractivity contribution in [1.82, 2.24) is 14.8 Å². The molecule has 144 valence electrons. The van der Waals surface area contributed by atoms with Gasteiger partial charge in [0.1, 0.15) is 16.5 Å². The molecule has 1 saturated heterocycles. The van der Waals surface area contributed by atoms with Crippen molar-refractivity contribution in [3.05, 3.63) is 41.2 Å². The van der Waals surface area contributed by atoms with Crippen molar-refractivity contribution in [2.75, 3.05) is 39.8 Å². The number of hydrogen-bond acceptors (Lipinski definition) is 6. The Bertz CT molecular complexity index is 811. The number of hydrogen-bond donors (Lipinski definition) is 1. The number of amides is 1. The highest BCUT2D eigenvalue weighted by molar-refractivity contribution is 7.13. The second-order valence-corrected chi connectivity index (χ2v) is 7.24. The summed E-state index contributed by atoms with van der Waals surface area (Å²) in [5.74, 6) is -1.41. The van der Waals surface area contributed by atoms with Crippen molar-refractivity contribution >= 4 is 23.2 Å². The molecule has 1 unspecified atom stereocenters. The number of benzene rings is 1. The second kappa shape index (κ2) is 8.55. The Hall–Kier alpha value is -2.36. The third kappa shape index (κ3) is 5.09. The van der Waals surface area contributed by atoms with Gasteiger partial charge in [0.25, 0.3) is 5.91 Å². The number of ether oxygens (including phenoxy) is 1. The molecule has 1 amide bonds. The van der Waals surface area contributed by atoms with Gasteiger partial charge in [-0.2, -0.15) is 0 Å². The number of morpholine rings is 1. The molecule has 0 bridgehead atoms. The molecule has 0 radical (unpaired) electrons. The Morgan fingerprint density at radius 2 is 2.15 bits per heavy atom. The Morgan fingerprint density at radius 1 is 1.41 bits per heavy atom. The maximum Gasteiger partial charge on any atom is 0.317 e. The number of carboxylic acids is 1. The van der Waals surface area contributed by atoms with E-state index in [2.05, 4.69) is 4.98 Å². The molecule has 27 heavy (non-hydrogen) atoms. The normalized spacial score (nSPS) is 17.3. The van der Waals surface area contributed by atoms with E-state index >= 15 is 0 Å². The first-order valence-electron chi connectivity index (χ1n) is 8.45. The fourth-order valence-corrected chi connectivity index (χ4v) is 3.72. The van der Waals surface area contributed by atoms with Gasteiger partial charge in [-0.1, -0.05) is 0 Å². The summed E-state index contributed by atoms with van der Waals surface area (Å²) in [5.41, 5.74) is 1.11. The monoisotopic (exact) mass is 393 g/mol. The smallest absolute Gasteiger partial charge is 0.317 e. The van der Waals surface area contributed by atoms with Gasteiger partial charge in [-0.15, -0.1) is 11.3 Å². The maximum absolute atomic E-state index is 13.0. The third-order valence-corrected chi connectivity index (χ3v) is 5.05. The fourth-order valence-electron chi connectivity index (χ4n) is 2.92. The van der Waals surface area contributed by atoms with Gasteiger partial charge in [-0.3, -0.25) is 14.5 Å². The van der Waals surface area contributed by atoms with Crippen molar-refractivity contribution in [1.29, 1.82) is 0 Å². The van der Waals surface area contributed by atoms with Gasteiger partial charge < -0.3 is 14.7 Å². The highest BCUT2D eigenvalue weighted by Gasteiger charge is 2.27. The summed E-state index contributed by atoms with van der Waals surface area (Å²) < 4.78 is 18.7. The lowest BCUT2D eigenvalue weighted by molar-refractivity contribution is -0.138. The van der Waals surface area contributed by atoms with Crippen LogP contribution in [0.5, 0.6) is 0 Å². The van der Waals surface area contributed by atoms with E-state index in [0.29, 0.717) is 36.9 Å². The molecule has 1 aromatic heterocycles. The lowest BCUT2D eigenvalue weighted by atomic mass is 10.2. The van der Waals surface area contributed by atoms with Crippen LogP contribution in [0.15, 0.2) is 29.6 Å². The van der Waals surface area contributed by atoms with Gasteiger partial charge in [-0.25, -0.2) is 9.37 Å². The fraction of sp³-hybridized carbons (Fsp3) is 0.389. The van der Waals surface area contributed by atoms with Crippen LogP contribution in [-0.2, 0) is 9.53 Å². The molecule has 2 heterocycles. The highest BCUT2D eigenvalue weighted by Crippen LogP contribution is 2.24. The molecule has 0 aliphatic carbocycles. The van der Waals surface area contributed by atoms with Crippen LogP contribution in [0.1, 0.15) is 10.5 Å². The minimum atomic E-state index is -0.906. The molecule has 9 heteroatoms. The van der Waals surface area contributed by atoms with Gasteiger partial charge in [0.15, 0.2) is 0 Å². The molecule has 0 saturated carbocycles. The molecule has 1 aliphatic heterocycles. The van der Waals surface area contributed by atoms with Crippen molar-refractivity contribution in [2.24, 2.45) is 0 Å². The number of carbonyl (C=O) groups is 2.